The Morgan fingerprint density at radius 3 is 2.62 bits per heavy atom. The van der Waals surface area contributed by atoms with Gasteiger partial charge in [-0.2, -0.15) is 5.26 Å². The van der Waals surface area contributed by atoms with Crippen molar-refractivity contribution in [2.75, 3.05) is 20.6 Å². The van der Waals surface area contributed by atoms with E-state index >= 15 is 0 Å². The lowest BCUT2D eigenvalue weighted by Crippen LogP contribution is -2.28. The van der Waals surface area contributed by atoms with Crippen molar-refractivity contribution in [1.82, 2.24) is 4.90 Å². The van der Waals surface area contributed by atoms with E-state index in [1.165, 1.54) is 12.1 Å². The van der Waals surface area contributed by atoms with Crippen LogP contribution in [0.25, 0.3) is 0 Å². The fourth-order valence-electron chi connectivity index (χ4n) is 3.38. The molecule has 3 rings (SSSR count). The minimum atomic E-state index is -0.605. The quantitative estimate of drug-likeness (QED) is 0.839. The molecule has 0 radical (unpaired) electrons. The van der Waals surface area contributed by atoms with E-state index in [-0.39, 0.29) is 5.82 Å². The van der Waals surface area contributed by atoms with E-state index in [0.717, 1.165) is 36.1 Å². The molecule has 3 nitrogen and oxygen atoms in total. The number of fused-ring (bicyclic) bond motifs is 1. The van der Waals surface area contributed by atoms with Crippen molar-refractivity contribution in [3.63, 3.8) is 0 Å². The van der Waals surface area contributed by atoms with Crippen molar-refractivity contribution in [2.45, 2.75) is 25.0 Å². The van der Waals surface area contributed by atoms with Crippen LogP contribution in [0.2, 0.25) is 0 Å². The summed E-state index contributed by atoms with van der Waals surface area (Å²) in [5.41, 5.74) is 3.09. The summed E-state index contributed by atoms with van der Waals surface area (Å²) in [6, 6.07) is 14.4. The molecule has 0 spiro atoms. The van der Waals surface area contributed by atoms with Crippen molar-refractivity contribution < 1.29 is 9.13 Å². The van der Waals surface area contributed by atoms with Gasteiger partial charge < -0.3 is 9.64 Å². The molecule has 0 saturated heterocycles. The predicted octanol–water partition coefficient (Wildman–Crippen LogP) is 3.81. The molecule has 0 aliphatic carbocycles. The van der Waals surface area contributed by atoms with E-state index in [0.29, 0.717) is 12.2 Å². The highest BCUT2D eigenvalue weighted by Crippen LogP contribution is 2.45. The second kappa shape index (κ2) is 6.72. The standard InChI is InChI=1S/C20H21FN2O/c1-23(2)11-3-10-20(17-6-8-18(21)9-7-17)19-12-15(13-22)4-5-16(19)14-24-20/h4-9,12H,3,10-11,14H2,1-2H3/t20-/m0/s1. The summed E-state index contributed by atoms with van der Waals surface area (Å²) in [7, 11) is 4.09. The molecule has 1 aliphatic heterocycles. The number of nitrogens with zero attached hydrogens (tertiary/aromatic N) is 2. The SMILES string of the molecule is CN(C)CCC[C@@]1(c2ccc(F)cc2)OCc2ccc(C#N)cc21. The zero-order valence-electron chi connectivity index (χ0n) is 14.1. The lowest BCUT2D eigenvalue weighted by Gasteiger charge is -2.31. The Morgan fingerprint density at radius 1 is 1.21 bits per heavy atom. The lowest BCUT2D eigenvalue weighted by molar-refractivity contribution is -0.0140. The topological polar surface area (TPSA) is 36.3 Å². The van der Waals surface area contributed by atoms with Gasteiger partial charge in [0.15, 0.2) is 0 Å². The van der Waals surface area contributed by atoms with Crippen LogP contribution in [0.3, 0.4) is 0 Å². The third kappa shape index (κ3) is 3.06. The first-order chi connectivity index (χ1) is 11.5. The van der Waals surface area contributed by atoms with E-state index in [9.17, 15) is 9.65 Å². The molecular formula is C20H21FN2O. The van der Waals surface area contributed by atoms with Gasteiger partial charge in [0.05, 0.1) is 18.2 Å². The van der Waals surface area contributed by atoms with Gasteiger partial charge in [-0.25, -0.2) is 4.39 Å². The van der Waals surface area contributed by atoms with E-state index in [1.54, 1.807) is 12.1 Å². The summed E-state index contributed by atoms with van der Waals surface area (Å²) < 4.78 is 19.6. The zero-order valence-corrected chi connectivity index (χ0v) is 14.1. The fourth-order valence-corrected chi connectivity index (χ4v) is 3.38. The number of halogens is 1. The Kier molecular flexibility index (Phi) is 4.66. The Labute approximate surface area is 142 Å². The molecule has 4 heteroatoms. The first-order valence-corrected chi connectivity index (χ1v) is 8.13. The predicted molar refractivity (Wildman–Crippen MR) is 90.9 cm³/mol. The van der Waals surface area contributed by atoms with Crippen LogP contribution in [0.5, 0.6) is 0 Å². The van der Waals surface area contributed by atoms with Gasteiger partial charge in [-0.1, -0.05) is 18.2 Å². The van der Waals surface area contributed by atoms with Gasteiger partial charge in [0.25, 0.3) is 0 Å². The number of hydrogen-bond donors (Lipinski definition) is 0. The van der Waals surface area contributed by atoms with Crippen LogP contribution in [-0.4, -0.2) is 25.5 Å². The molecule has 0 unspecified atom stereocenters. The number of benzene rings is 2. The molecule has 0 saturated carbocycles. The maximum Gasteiger partial charge on any atom is 0.123 e. The smallest absolute Gasteiger partial charge is 0.123 e. The highest BCUT2D eigenvalue weighted by atomic mass is 19.1. The molecule has 0 amide bonds. The summed E-state index contributed by atoms with van der Waals surface area (Å²) in [5, 5.41) is 9.25. The summed E-state index contributed by atoms with van der Waals surface area (Å²) >= 11 is 0. The monoisotopic (exact) mass is 324 g/mol. The van der Waals surface area contributed by atoms with E-state index in [2.05, 4.69) is 11.0 Å². The first-order valence-electron chi connectivity index (χ1n) is 8.13. The molecular weight excluding hydrogens is 303 g/mol. The van der Waals surface area contributed by atoms with Crippen LogP contribution in [-0.2, 0) is 16.9 Å². The normalized spacial score (nSPS) is 19.3. The van der Waals surface area contributed by atoms with Crippen LogP contribution >= 0.6 is 0 Å². The maximum absolute atomic E-state index is 13.4. The molecule has 1 heterocycles. The fraction of sp³-hybridized carbons (Fsp3) is 0.350. The van der Waals surface area contributed by atoms with Crippen LogP contribution < -0.4 is 0 Å². The van der Waals surface area contributed by atoms with Crippen LogP contribution in [0.4, 0.5) is 4.39 Å². The molecule has 0 fully saturated rings. The average Bonchev–Trinajstić information content (AvgIpc) is 2.94. The largest absolute Gasteiger partial charge is 0.361 e. The Hall–Kier alpha value is -2.22. The summed E-state index contributed by atoms with van der Waals surface area (Å²) in [5.74, 6) is -0.258. The third-order valence-electron chi connectivity index (χ3n) is 4.59. The van der Waals surface area contributed by atoms with Crippen LogP contribution in [0.15, 0.2) is 42.5 Å². The van der Waals surface area contributed by atoms with Gasteiger partial charge in [-0.15, -0.1) is 0 Å². The minimum absolute atomic E-state index is 0.258. The van der Waals surface area contributed by atoms with Gasteiger partial charge in [0, 0.05) is 0 Å². The maximum atomic E-state index is 13.4. The van der Waals surface area contributed by atoms with Gasteiger partial charge >= 0.3 is 0 Å². The van der Waals surface area contributed by atoms with E-state index in [1.807, 2.05) is 32.3 Å². The highest BCUT2D eigenvalue weighted by Gasteiger charge is 2.41. The molecule has 0 bridgehead atoms. The molecule has 0 N–H and O–H groups in total. The Balaban J connectivity index is 2.05. The second-order valence-electron chi connectivity index (χ2n) is 6.51. The Morgan fingerprint density at radius 2 is 1.96 bits per heavy atom. The van der Waals surface area contributed by atoms with Gasteiger partial charge in [-0.05, 0) is 74.4 Å². The van der Waals surface area contributed by atoms with Crippen LogP contribution in [0, 0.1) is 17.1 Å². The summed E-state index contributed by atoms with van der Waals surface area (Å²) in [4.78, 5) is 2.14. The zero-order chi connectivity index (χ0) is 17.2. The number of nitriles is 1. The number of hydrogen-bond acceptors (Lipinski definition) is 3. The summed E-state index contributed by atoms with van der Waals surface area (Å²) in [6.07, 6.45) is 1.74. The summed E-state index contributed by atoms with van der Waals surface area (Å²) in [6.45, 7) is 1.46. The number of rotatable bonds is 5. The molecule has 124 valence electrons. The van der Waals surface area contributed by atoms with E-state index < -0.39 is 5.60 Å². The molecule has 2 aromatic carbocycles. The first kappa shape index (κ1) is 16.6. The van der Waals surface area contributed by atoms with E-state index in [4.69, 9.17) is 4.74 Å². The Bertz CT molecular complexity index is 764. The minimum Gasteiger partial charge on any atom is -0.361 e. The van der Waals surface area contributed by atoms with Gasteiger partial charge in [-0.3, -0.25) is 0 Å². The highest BCUT2D eigenvalue weighted by molar-refractivity contribution is 5.48. The third-order valence-corrected chi connectivity index (χ3v) is 4.59. The van der Waals surface area contributed by atoms with Crippen molar-refractivity contribution in [2.24, 2.45) is 0 Å². The second-order valence-corrected chi connectivity index (χ2v) is 6.51. The molecule has 2 aromatic rings. The lowest BCUT2D eigenvalue weighted by atomic mass is 9.81. The van der Waals surface area contributed by atoms with Crippen molar-refractivity contribution in [1.29, 1.82) is 5.26 Å². The van der Waals surface area contributed by atoms with Gasteiger partial charge in [0.2, 0.25) is 0 Å². The molecule has 1 atom stereocenters. The average molecular weight is 324 g/mol. The number of ether oxygens (including phenoxy) is 1. The molecule has 24 heavy (non-hydrogen) atoms. The van der Waals surface area contributed by atoms with Crippen molar-refractivity contribution in [3.8, 4) is 6.07 Å². The van der Waals surface area contributed by atoms with Crippen molar-refractivity contribution in [3.05, 3.63) is 70.5 Å². The van der Waals surface area contributed by atoms with Crippen LogP contribution in [0.1, 0.15) is 35.1 Å². The van der Waals surface area contributed by atoms with Crippen molar-refractivity contribution >= 4 is 0 Å². The molecule has 0 aromatic heterocycles. The van der Waals surface area contributed by atoms with Gasteiger partial charge in [0.1, 0.15) is 11.4 Å². The molecule has 1 aliphatic rings.